The standard InChI is InChI=1S/C21H23N5O3/c1-4-23-13-16(12-22)26-10-8-19(27)21(25-26)29-14(2)15-5-6-18-17(11-15)20(28-3)7-9-24-18/h5-14,22-23H,4H2,1-3H3/b16-13+,22-12?. The third-order valence-corrected chi connectivity index (χ3v) is 4.35. The molecule has 3 rings (SSSR count). The largest absolute Gasteiger partial charge is 0.496 e. The first-order valence-electron chi connectivity index (χ1n) is 9.21. The molecule has 2 heterocycles. The van der Waals surface area contributed by atoms with E-state index in [-0.39, 0.29) is 11.3 Å². The van der Waals surface area contributed by atoms with Crippen molar-refractivity contribution in [1.82, 2.24) is 20.1 Å². The van der Waals surface area contributed by atoms with Crippen molar-refractivity contribution in [3.8, 4) is 11.6 Å². The van der Waals surface area contributed by atoms with E-state index >= 15 is 0 Å². The van der Waals surface area contributed by atoms with Crippen LogP contribution in [-0.4, -0.2) is 34.6 Å². The number of aromatic nitrogens is 3. The van der Waals surface area contributed by atoms with Gasteiger partial charge in [0.1, 0.15) is 11.9 Å². The molecule has 0 saturated heterocycles. The van der Waals surface area contributed by atoms with Crippen molar-refractivity contribution in [3.63, 3.8) is 0 Å². The molecule has 0 aliphatic carbocycles. The first kappa shape index (κ1) is 20.1. The summed E-state index contributed by atoms with van der Waals surface area (Å²) in [6.45, 7) is 4.49. The summed E-state index contributed by atoms with van der Waals surface area (Å²) in [7, 11) is 1.61. The summed E-state index contributed by atoms with van der Waals surface area (Å²) < 4.78 is 12.7. The lowest BCUT2D eigenvalue weighted by molar-refractivity contribution is 0.211. The summed E-state index contributed by atoms with van der Waals surface area (Å²) in [5.74, 6) is 0.677. The van der Waals surface area contributed by atoms with Crippen LogP contribution in [0.2, 0.25) is 0 Å². The quantitative estimate of drug-likeness (QED) is 0.571. The topological polar surface area (TPSA) is 102 Å². The van der Waals surface area contributed by atoms with E-state index in [9.17, 15) is 4.79 Å². The van der Waals surface area contributed by atoms with E-state index < -0.39 is 6.10 Å². The highest BCUT2D eigenvalue weighted by Crippen LogP contribution is 2.28. The zero-order valence-electron chi connectivity index (χ0n) is 16.5. The maximum atomic E-state index is 12.3. The van der Waals surface area contributed by atoms with Crippen LogP contribution in [0.3, 0.4) is 0 Å². The van der Waals surface area contributed by atoms with Crippen molar-refractivity contribution in [3.05, 3.63) is 64.7 Å². The Morgan fingerprint density at radius 3 is 2.90 bits per heavy atom. The van der Waals surface area contributed by atoms with Crippen molar-refractivity contribution in [2.24, 2.45) is 0 Å². The van der Waals surface area contributed by atoms with Crippen molar-refractivity contribution in [2.45, 2.75) is 20.0 Å². The SMILES string of the molecule is CCN/C=C(\C=N)n1ccc(=O)c(OC(C)c2ccc3nccc(OC)c3c2)n1. The minimum absolute atomic E-state index is 0.0394. The lowest BCUT2D eigenvalue weighted by Gasteiger charge is -2.16. The van der Waals surface area contributed by atoms with Crippen LogP contribution >= 0.6 is 0 Å². The van der Waals surface area contributed by atoms with E-state index in [1.165, 1.54) is 16.9 Å². The minimum atomic E-state index is -0.429. The van der Waals surface area contributed by atoms with Crippen LogP contribution in [0.15, 0.2) is 53.7 Å². The second-order valence-corrected chi connectivity index (χ2v) is 6.25. The Labute approximate surface area is 168 Å². The number of ether oxygens (including phenoxy) is 2. The second-order valence-electron chi connectivity index (χ2n) is 6.25. The monoisotopic (exact) mass is 393 g/mol. The fourth-order valence-corrected chi connectivity index (χ4v) is 2.80. The van der Waals surface area contributed by atoms with Gasteiger partial charge in [0.05, 0.1) is 18.3 Å². The maximum absolute atomic E-state index is 12.3. The highest BCUT2D eigenvalue weighted by Gasteiger charge is 2.14. The van der Waals surface area contributed by atoms with Gasteiger partial charge in [-0.3, -0.25) is 9.78 Å². The molecule has 0 aliphatic rings. The van der Waals surface area contributed by atoms with Crippen LogP contribution in [0.25, 0.3) is 16.6 Å². The average Bonchev–Trinajstić information content (AvgIpc) is 2.75. The Balaban J connectivity index is 1.91. The maximum Gasteiger partial charge on any atom is 0.280 e. The fourth-order valence-electron chi connectivity index (χ4n) is 2.80. The van der Waals surface area contributed by atoms with Gasteiger partial charge < -0.3 is 20.2 Å². The van der Waals surface area contributed by atoms with Gasteiger partial charge in [-0.15, -0.1) is 5.10 Å². The molecule has 29 heavy (non-hydrogen) atoms. The second kappa shape index (κ2) is 9.01. The molecule has 3 aromatic rings. The molecule has 0 radical (unpaired) electrons. The van der Waals surface area contributed by atoms with Crippen molar-refractivity contribution in [1.29, 1.82) is 5.41 Å². The predicted molar refractivity (Wildman–Crippen MR) is 113 cm³/mol. The fraction of sp³-hybridized carbons (Fsp3) is 0.238. The molecule has 1 unspecified atom stereocenters. The molecule has 0 amide bonds. The van der Waals surface area contributed by atoms with E-state index in [0.717, 1.165) is 22.7 Å². The van der Waals surface area contributed by atoms with Crippen LogP contribution in [0, 0.1) is 5.41 Å². The molecule has 1 aromatic carbocycles. The first-order valence-corrected chi connectivity index (χ1v) is 9.21. The number of hydrogen-bond donors (Lipinski definition) is 2. The number of pyridine rings is 1. The number of methoxy groups -OCH3 is 1. The van der Waals surface area contributed by atoms with Gasteiger partial charge in [-0.2, -0.15) is 0 Å². The van der Waals surface area contributed by atoms with Gasteiger partial charge in [0.15, 0.2) is 0 Å². The molecular formula is C21H23N5O3. The van der Waals surface area contributed by atoms with Gasteiger partial charge in [-0.25, -0.2) is 4.68 Å². The molecule has 2 aromatic heterocycles. The van der Waals surface area contributed by atoms with Crippen LogP contribution in [-0.2, 0) is 0 Å². The summed E-state index contributed by atoms with van der Waals surface area (Å²) in [5, 5.41) is 15.7. The lowest BCUT2D eigenvalue weighted by atomic mass is 10.1. The zero-order chi connectivity index (χ0) is 20.8. The van der Waals surface area contributed by atoms with Gasteiger partial charge in [-0.05, 0) is 37.6 Å². The molecule has 0 aliphatic heterocycles. The zero-order valence-corrected chi connectivity index (χ0v) is 16.5. The highest BCUT2D eigenvalue weighted by molar-refractivity contribution is 5.99. The lowest BCUT2D eigenvalue weighted by Crippen LogP contribution is -2.18. The summed E-state index contributed by atoms with van der Waals surface area (Å²) >= 11 is 0. The number of rotatable bonds is 8. The average molecular weight is 393 g/mol. The number of nitrogens with one attached hydrogen (secondary N) is 2. The Bertz CT molecular complexity index is 1110. The molecular weight excluding hydrogens is 370 g/mol. The van der Waals surface area contributed by atoms with Crippen LogP contribution in [0.1, 0.15) is 25.5 Å². The van der Waals surface area contributed by atoms with Crippen LogP contribution in [0.4, 0.5) is 0 Å². The molecule has 2 N–H and O–H groups in total. The molecule has 1 atom stereocenters. The molecule has 0 fully saturated rings. The van der Waals surface area contributed by atoms with Crippen LogP contribution in [0.5, 0.6) is 11.6 Å². The van der Waals surface area contributed by atoms with E-state index in [1.807, 2.05) is 32.0 Å². The molecule has 8 nitrogen and oxygen atoms in total. The van der Waals surface area contributed by atoms with E-state index in [4.69, 9.17) is 14.9 Å². The summed E-state index contributed by atoms with van der Waals surface area (Å²) in [6.07, 6.45) is 5.57. The highest BCUT2D eigenvalue weighted by atomic mass is 16.5. The molecule has 0 bridgehead atoms. The van der Waals surface area contributed by atoms with E-state index in [2.05, 4.69) is 15.4 Å². The minimum Gasteiger partial charge on any atom is -0.496 e. The normalized spacial score (nSPS) is 12.4. The Morgan fingerprint density at radius 2 is 2.17 bits per heavy atom. The Morgan fingerprint density at radius 1 is 1.34 bits per heavy atom. The summed E-state index contributed by atoms with van der Waals surface area (Å²) in [4.78, 5) is 16.6. The number of hydrogen-bond acceptors (Lipinski definition) is 7. The third-order valence-electron chi connectivity index (χ3n) is 4.35. The van der Waals surface area contributed by atoms with Crippen LogP contribution < -0.4 is 20.2 Å². The van der Waals surface area contributed by atoms with Gasteiger partial charge in [0.2, 0.25) is 5.43 Å². The first-order chi connectivity index (χ1) is 14.1. The van der Waals surface area contributed by atoms with Gasteiger partial charge >= 0.3 is 0 Å². The number of nitrogens with zero attached hydrogens (tertiary/aromatic N) is 3. The molecule has 0 spiro atoms. The van der Waals surface area contributed by atoms with Gasteiger partial charge in [0.25, 0.3) is 5.88 Å². The summed E-state index contributed by atoms with van der Waals surface area (Å²) in [6, 6.07) is 8.88. The number of fused-ring (bicyclic) bond motifs is 1. The van der Waals surface area contributed by atoms with Gasteiger partial charge in [0, 0.05) is 42.8 Å². The molecule has 0 saturated carbocycles. The Kier molecular flexibility index (Phi) is 6.23. The molecule has 150 valence electrons. The third kappa shape index (κ3) is 4.43. The molecule has 8 heteroatoms. The smallest absolute Gasteiger partial charge is 0.280 e. The number of allylic oxidation sites excluding steroid dienone is 1. The predicted octanol–water partition coefficient (Wildman–Crippen LogP) is 3.00. The van der Waals surface area contributed by atoms with E-state index in [1.54, 1.807) is 25.6 Å². The Hall–Kier alpha value is -3.68. The van der Waals surface area contributed by atoms with Crippen molar-refractivity contribution < 1.29 is 9.47 Å². The van der Waals surface area contributed by atoms with Gasteiger partial charge in [-0.1, -0.05) is 6.07 Å². The number of benzene rings is 1. The van der Waals surface area contributed by atoms with Crippen molar-refractivity contribution in [2.75, 3.05) is 13.7 Å². The summed E-state index contributed by atoms with van der Waals surface area (Å²) in [5.41, 5.74) is 1.81. The van der Waals surface area contributed by atoms with Crippen molar-refractivity contribution >= 4 is 22.8 Å². The van der Waals surface area contributed by atoms with E-state index in [0.29, 0.717) is 18.0 Å².